The summed E-state index contributed by atoms with van der Waals surface area (Å²) in [6.07, 6.45) is 5.63. The Labute approximate surface area is 194 Å². The van der Waals surface area contributed by atoms with E-state index >= 15 is 0 Å². The summed E-state index contributed by atoms with van der Waals surface area (Å²) in [7, 11) is 8.94. The Balaban J connectivity index is 1.82. The lowest BCUT2D eigenvalue weighted by Gasteiger charge is -2.62. The molecular weight excluding hydrogens is 418 g/mol. The van der Waals surface area contributed by atoms with Crippen LogP contribution in [0.2, 0.25) is 0 Å². The Morgan fingerprint density at radius 3 is 2.30 bits per heavy atom. The van der Waals surface area contributed by atoms with E-state index in [2.05, 4.69) is 24.1 Å². The molecule has 3 aliphatic carbocycles. The lowest BCUT2D eigenvalue weighted by atomic mass is 9.44. The van der Waals surface area contributed by atoms with Crippen molar-refractivity contribution in [1.29, 1.82) is 0 Å². The number of methoxy groups -OCH3 is 4. The quantitative estimate of drug-likeness (QED) is 0.716. The van der Waals surface area contributed by atoms with E-state index in [1.165, 1.54) is 5.56 Å². The summed E-state index contributed by atoms with van der Waals surface area (Å²) in [6, 6.07) is 8.22. The fourth-order valence-electron chi connectivity index (χ4n) is 7.69. The van der Waals surface area contributed by atoms with E-state index in [1.54, 1.807) is 34.5 Å². The van der Waals surface area contributed by atoms with Gasteiger partial charge in [-0.15, -0.1) is 0 Å². The van der Waals surface area contributed by atoms with E-state index in [9.17, 15) is 4.79 Å². The maximum Gasteiger partial charge on any atom is 0.164 e. The number of allylic oxidation sites excluding steroid dienone is 1. The van der Waals surface area contributed by atoms with Gasteiger partial charge in [-0.05, 0) is 56.3 Å². The van der Waals surface area contributed by atoms with E-state index < -0.39 is 10.8 Å². The minimum Gasteiger partial charge on any atom is -0.496 e. The summed E-state index contributed by atoms with van der Waals surface area (Å²) >= 11 is 0. The largest absolute Gasteiger partial charge is 0.496 e. The van der Waals surface area contributed by atoms with Crippen molar-refractivity contribution in [2.45, 2.75) is 35.6 Å². The number of hydrogen-bond acceptors (Lipinski definition) is 6. The molecule has 2 aromatic rings. The second-order valence-electron chi connectivity index (χ2n) is 9.55. The number of nitrogens with zero attached hydrogens (tertiary/aromatic N) is 1. The molecule has 6 heteroatoms. The Morgan fingerprint density at radius 1 is 0.909 bits per heavy atom. The van der Waals surface area contributed by atoms with Gasteiger partial charge in [-0.25, -0.2) is 0 Å². The smallest absolute Gasteiger partial charge is 0.164 e. The molecule has 4 bridgehead atoms. The molecular formula is C27H29NO5. The molecule has 2 aromatic carbocycles. The van der Waals surface area contributed by atoms with E-state index in [0.717, 1.165) is 53.3 Å². The van der Waals surface area contributed by atoms with Crippen LogP contribution in [0.3, 0.4) is 0 Å². The Morgan fingerprint density at radius 2 is 1.61 bits per heavy atom. The molecule has 1 saturated heterocycles. The summed E-state index contributed by atoms with van der Waals surface area (Å²) in [5.41, 5.74) is 3.43. The van der Waals surface area contributed by atoms with Crippen molar-refractivity contribution < 1.29 is 23.7 Å². The van der Waals surface area contributed by atoms with Gasteiger partial charge in [0.05, 0.1) is 34.4 Å². The first-order valence-corrected chi connectivity index (χ1v) is 11.4. The summed E-state index contributed by atoms with van der Waals surface area (Å²) in [4.78, 5) is 16.3. The maximum atomic E-state index is 13.8. The number of carbonyl (C=O) groups is 1. The highest BCUT2D eigenvalue weighted by atomic mass is 16.5. The van der Waals surface area contributed by atoms with Gasteiger partial charge in [0.15, 0.2) is 17.3 Å². The second kappa shape index (κ2) is 6.76. The number of piperidine rings is 1. The zero-order chi connectivity index (χ0) is 23.1. The molecule has 0 radical (unpaired) electrons. The first-order chi connectivity index (χ1) is 16.0. The minimum atomic E-state index is -0.506. The molecule has 6 rings (SSSR count). The average molecular weight is 448 g/mol. The Bertz CT molecular complexity index is 1220. The molecule has 0 N–H and O–H groups in total. The highest BCUT2D eigenvalue weighted by Gasteiger charge is 2.74. The number of carbonyl (C=O) groups excluding carboxylic acids is 1. The van der Waals surface area contributed by atoms with Crippen LogP contribution in [-0.4, -0.2) is 58.8 Å². The van der Waals surface area contributed by atoms with Crippen molar-refractivity contribution in [1.82, 2.24) is 4.90 Å². The van der Waals surface area contributed by atoms with Crippen molar-refractivity contribution in [3.8, 4) is 23.0 Å². The molecule has 0 spiro atoms. The monoisotopic (exact) mass is 447 g/mol. The predicted octanol–water partition coefficient (Wildman–Crippen LogP) is 3.39. The Kier molecular flexibility index (Phi) is 4.22. The van der Waals surface area contributed by atoms with Gasteiger partial charge in [0.2, 0.25) is 0 Å². The van der Waals surface area contributed by atoms with Crippen LogP contribution in [0.1, 0.15) is 34.6 Å². The Hall–Kier alpha value is -2.99. The number of ketones is 1. The number of fused-ring (bicyclic) bond motifs is 3. The number of hydrogen-bond donors (Lipinski definition) is 0. The van der Waals surface area contributed by atoms with Gasteiger partial charge in [-0.2, -0.15) is 0 Å². The predicted molar refractivity (Wildman–Crippen MR) is 124 cm³/mol. The first-order valence-electron chi connectivity index (χ1n) is 11.4. The van der Waals surface area contributed by atoms with Crippen LogP contribution >= 0.6 is 0 Å². The van der Waals surface area contributed by atoms with Gasteiger partial charge < -0.3 is 23.8 Å². The lowest BCUT2D eigenvalue weighted by Crippen LogP contribution is -2.68. The molecule has 1 fully saturated rings. The summed E-state index contributed by atoms with van der Waals surface area (Å²) < 4.78 is 23.6. The normalized spacial score (nSPS) is 30.9. The van der Waals surface area contributed by atoms with Crippen LogP contribution in [0.15, 0.2) is 36.4 Å². The summed E-state index contributed by atoms with van der Waals surface area (Å²) in [5.74, 6) is 2.72. The molecule has 6 nitrogen and oxygen atoms in total. The average Bonchev–Trinajstić information content (AvgIpc) is 3.05. The zero-order valence-electron chi connectivity index (χ0n) is 19.7. The molecule has 1 heterocycles. The molecule has 0 aromatic heterocycles. The third kappa shape index (κ3) is 2.12. The van der Waals surface area contributed by atoms with Gasteiger partial charge in [-0.1, -0.05) is 12.1 Å². The standard InChI is InChI=1S/C27H29NO5/c1-28-13-12-27-22-15(6-7-19(32-4)25(22)33-5)14-20(28)26(27)11-10-16(29)23(27)21-17(30-2)8-9-18(31-3)24(21)26/h6-11,20,23H,12-14H2,1-5H3. The van der Waals surface area contributed by atoms with Crippen LogP contribution in [0, 0.1) is 0 Å². The summed E-state index contributed by atoms with van der Waals surface area (Å²) in [6.45, 7) is 0.891. The molecule has 0 saturated carbocycles. The topological polar surface area (TPSA) is 57.2 Å². The van der Waals surface area contributed by atoms with Crippen molar-refractivity contribution >= 4 is 5.78 Å². The molecule has 4 unspecified atom stereocenters. The van der Waals surface area contributed by atoms with Crippen molar-refractivity contribution in [2.24, 2.45) is 0 Å². The maximum absolute atomic E-state index is 13.8. The van der Waals surface area contributed by atoms with Crippen LogP contribution in [0.25, 0.3) is 0 Å². The van der Waals surface area contributed by atoms with Gasteiger partial charge >= 0.3 is 0 Å². The number of benzene rings is 2. The number of rotatable bonds is 4. The van der Waals surface area contributed by atoms with E-state index in [-0.39, 0.29) is 17.7 Å². The van der Waals surface area contributed by atoms with Crippen LogP contribution in [0.4, 0.5) is 0 Å². The van der Waals surface area contributed by atoms with E-state index in [0.29, 0.717) is 5.75 Å². The number of ether oxygens (including phenoxy) is 4. The van der Waals surface area contributed by atoms with Gasteiger partial charge in [-0.3, -0.25) is 4.79 Å². The third-order valence-electron chi connectivity index (χ3n) is 8.74. The van der Waals surface area contributed by atoms with Gasteiger partial charge in [0.1, 0.15) is 11.5 Å². The van der Waals surface area contributed by atoms with E-state index in [4.69, 9.17) is 18.9 Å². The second-order valence-corrected chi connectivity index (χ2v) is 9.55. The highest BCUT2D eigenvalue weighted by molar-refractivity contribution is 6.03. The first kappa shape index (κ1) is 20.6. The van der Waals surface area contributed by atoms with Gasteiger partial charge in [0.25, 0.3) is 0 Å². The fraction of sp³-hybridized carbons (Fsp3) is 0.444. The molecule has 1 aliphatic heterocycles. The molecule has 33 heavy (non-hydrogen) atoms. The summed E-state index contributed by atoms with van der Waals surface area (Å²) in [5, 5.41) is 0. The molecule has 172 valence electrons. The van der Waals surface area contributed by atoms with Crippen molar-refractivity contribution in [3.05, 3.63) is 58.7 Å². The van der Waals surface area contributed by atoms with Crippen LogP contribution in [-0.2, 0) is 22.0 Å². The van der Waals surface area contributed by atoms with Crippen LogP contribution < -0.4 is 18.9 Å². The number of likely N-dealkylation sites (N-methyl/N-ethyl adjacent to an activating group) is 1. The SMILES string of the molecule is COc1ccc2c(c1OC)C13CCN(C)C(C2)C12C=CC(=O)C3c1c(OC)ccc(OC)c12. The van der Waals surface area contributed by atoms with Crippen molar-refractivity contribution in [3.63, 3.8) is 0 Å². The van der Waals surface area contributed by atoms with E-state index in [1.807, 2.05) is 18.2 Å². The fourth-order valence-corrected chi connectivity index (χ4v) is 7.69. The van der Waals surface area contributed by atoms with Crippen LogP contribution in [0.5, 0.6) is 23.0 Å². The highest BCUT2D eigenvalue weighted by Crippen LogP contribution is 2.74. The molecule has 4 aliphatic rings. The third-order valence-corrected chi connectivity index (χ3v) is 8.74. The van der Waals surface area contributed by atoms with Crippen molar-refractivity contribution in [2.75, 3.05) is 42.0 Å². The minimum absolute atomic E-state index is 0.108. The number of likely N-dealkylation sites (tertiary alicyclic amines) is 1. The zero-order valence-corrected chi connectivity index (χ0v) is 19.7. The van der Waals surface area contributed by atoms with Gasteiger partial charge in [0, 0.05) is 33.6 Å². The lowest BCUT2D eigenvalue weighted by molar-refractivity contribution is -0.120. The molecule has 0 amide bonds. The molecule has 4 atom stereocenters.